The molecule has 0 saturated carbocycles. The van der Waals surface area contributed by atoms with Gasteiger partial charge in [-0.3, -0.25) is 4.79 Å². The Morgan fingerprint density at radius 2 is 1.83 bits per heavy atom. The molecule has 1 aromatic carbocycles. The van der Waals surface area contributed by atoms with E-state index in [2.05, 4.69) is 17.6 Å². The predicted octanol–water partition coefficient (Wildman–Crippen LogP) is 2.97. The maximum Gasteiger partial charge on any atom is 0.224 e. The zero-order valence-corrected chi connectivity index (χ0v) is 11.5. The summed E-state index contributed by atoms with van der Waals surface area (Å²) in [6, 6.07) is 8.09. The molecule has 0 fully saturated rings. The largest absolute Gasteiger partial charge is 0.385 e. The maximum atomic E-state index is 11.2. The van der Waals surface area contributed by atoms with Gasteiger partial charge in [0.1, 0.15) is 0 Å². The maximum absolute atomic E-state index is 11.2. The van der Waals surface area contributed by atoms with Gasteiger partial charge in [-0.2, -0.15) is 0 Å². The predicted molar refractivity (Wildman–Crippen MR) is 76.8 cm³/mol. The number of carbonyl (C=O) groups excluding carboxylic acids is 1. The number of rotatable bonds is 8. The molecule has 0 spiro atoms. The summed E-state index contributed by atoms with van der Waals surface area (Å²) in [5.41, 5.74) is 2.18. The van der Waals surface area contributed by atoms with Gasteiger partial charge in [0.15, 0.2) is 0 Å². The van der Waals surface area contributed by atoms with Crippen LogP contribution in [-0.2, 0) is 11.2 Å². The molecule has 0 bridgehead atoms. The fraction of sp³-hybridized carbons (Fsp3) is 0.533. The minimum Gasteiger partial charge on any atom is -0.385 e. The van der Waals surface area contributed by atoms with Crippen molar-refractivity contribution in [1.29, 1.82) is 0 Å². The smallest absolute Gasteiger partial charge is 0.224 e. The minimum absolute atomic E-state index is 0.0512. The van der Waals surface area contributed by atoms with Crippen LogP contribution in [0, 0.1) is 0 Å². The highest BCUT2D eigenvalue weighted by molar-refractivity contribution is 5.78. The van der Waals surface area contributed by atoms with E-state index in [0.29, 0.717) is 6.42 Å². The summed E-state index contributed by atoms with van der Waals surface area (Å²) in [6.45, 7) is 3.24. The molecule has 3 heteroatoms. The Hall–Kier alpha value is -1.51. The van der Waals surface area contributed by atoms with Crippen molar-refractivity contribution < 1.29 is 4.79 Å². The monoisotopic (exact) mass is 248 g/mol. The second kappa shape index (κ2) is 8.56. The van der Waals surface area contributed by atoms with Crippen molar-refractivity contribution in [1.82, 2.24) is 5.32 Å². The average Bonchev–Trinajstić information content (AvgIpc) is 2.40. The Morgan fingerprint density at radius 3 is 2.44 bits per heavy atom. The number of hydrogen-bond donors (Lipinski definition) is 2. The van der Waals surface area contributed by atoms with Gasteiger partial charge in [0.2, 0.25) is 5.91 Å². The molecule has 0 aliphatic heterocycles. The molecule has 2 N–H and O–H groups in total. The second-order valence-electron chi connectivity index (χ2n) is 4.53. The number of amides is 1. The molecule has 1 aromatic rings. The molecule has 0 radical (unpaired) electrons. The third-order valence-electron chi connectivity index (χ3n) is 2.96. The Morgan fingerprint density at radius 1 is 1.11 bits per heavy atom. The molecule has 0 unspecified atom stereocenters. The third-order valence-corrected chi connectivity index (χ3v) is 2.96. The van der Waals surface area contributed by atoms with Crippen molar-refractivity contribution in [2.24, 2.45) is 0 Å². The minimum atomic E-state index is 0.0512. The van der Waals surface area contributed by atoms with Crippen molar-refractivity contribution in [3.63, 3.8) is 0 Å². The van der Waals surface area contributed by atoms with Crippen LogP contribution in [0.25, 0.3) is 0 Å². The van der Waals surface area contributed by atoms with Crippen molar-refractivity contribution in [2.45, 2.75) is 39.0 Å². The summed E-state index contributed by atoms with van der Waals surface area (Å²) in [5, 5.41) is 6.02. The van der Waals surface area contributed by atoms with Gasteiger partial charge in [-0.25, -0.2) is 0 Å². The van der Waals surface area contributed by atoms with E-state index in [0.717, 1.165) is 17.8 Å². The lowest BCUT2D eigenvalue weighted by Crippen LogP contribution is -2.19. The van der Waals surface area contributed by atoms with Crippen LogP contribution in [-0.4, -0.2) is 19.5 Å². The highest BCUT2D eigenvalue weighted by atomic mass is 16.1. The summed E-state index contributed by atoms with van der Waals surface area (Å²) in [7, 11) is 1.66. The molecule has 1 rings (SSSR count). The molecule has 0 saturated heterocycles. The van der Waals surface area contributed by atoms with Crippen LogP contribution < -0.4 is 10.6 Å². The SMILES string of the molecule is CCCCCCNc1ccc(CC(=O)NC)cc1. The lowest BCUT2D eigenvalue weighted by atomic mass is 10.1. The molecule has 1 amide bonds. The van der Waals surface area contributed by atoms with Gasteiger partial charge in [0.05, 0.1) is 6.42 Å². The van der Waals surface area contributed by atoms with Gasteiger partial charge in [-0.15, -0.1) is 0 Å². The van der Waals surface area contributed by atoms with E-state index in [-0.39, 0.29) is 5.91 Å². The number of hydrogen-bond acceptors (Lipinski definition) is 2. The van der Waals surface area contributed by atoms with E-state index < -0.39 is 0 Å². The number of likely N-dealkylation sites (N-methyl/N-ethyl adjacent to an activating group) is 1. The molecule has 0 heterocycles. The molecule has 0 aromatic heterocycles. The standard InChI is InChI=1S/C15H24N2O/c1-3-4-5-6-11-17-14-9-7-13(8-10-14)12-15(18)16-2/h7-10,17H,3-6,11-12H2,1-2H3,(H,16,18). The zero-order chi connectivity index (χ0) is 13.2. The van der Waals surface area contributed by atoms with Crippen LogP contribution in [0.15, 0.2) is 24.3 Å². The summed E-state index contributed by atoms with van der Waals surface area (Å²) < 4.78 is 0. The van der Waals surface area contributed by atoms with E-state index in [1.165, 1.54) is 25.7 Å². The number of benzene rings is 1. The van der Waals surface area contributed by atoms with Crippen LogP contribution in [0.2, 0.25) is 0 Å². The van der Waals surface area contributed by atoms with E-state index >= 15 is 0 Å². The number of unbranched alkanes of at least 4 members (excludes halogenated alkanes) is 3. The van der Waals surface area contributed by atoms with E-state index in [1.807, 2.05) is 24.3 Å². The molecular formula is C15H24N2O. The number of carbonyl (C=O) groups is 1. The Bertz CT molecular complexity index is 346. The van der Waals surface area contributed by atoms with Gasteiger partial charge in [-0.05, 0) is 24.1 Å². The highest BCUT2D eigenvalue weighted by Crippen LogP contribution is 2.10. The molecular weight excluding hydrogens is 224 g/mol. The first-order valence-electron chi connectivity index (χ1n) is 6.79. The molecule has 100 valence electrons. The van der Waals surface area contributed by atoms with Crippen LogP contribution in [0.3, 0.4) is 0 Å². The summed E-state index contributed by atoms with van der Waals surface area (Å²) >= 11 is 0. The first-order valence-corrected chi connectivity index (χ1v) is 6.79. The van der Waals surface area contributed by atoms with Crippen molar-refractivity contribution in [3.8, 4) is 0 Å². The Labute approximate surface area is 110 Å². The Kier molecular flexibility index (Phi) is 6.92. The first kappa shape index (κ1) is 14.6. The third kappa shape index (κ3) is 5.71. The molecule has 18 heavy (non-hydrogen) atoms. The van der Waals surface area contributed by atoms with E-state index in [9.17, 15) is 4.79 Å². The van der Waals surface area contributed by atoms with Crippen LogP contribution >= 0.6 is 0 Å². The van der Waals surface area contributed by atoms with Crippen LogP contribution in [0.5, 0.6) is 0 Å². The topological polar surface area (TPSA) is 41.1 Å². The lowest BCUT2D eigenvalue weighted by molar-refractivity contribution is -0.119. The first-order chi connectivity index (χ1) is 8.76. The van der Waals surface area contributed by atoms with E-state index in [4.69, 9.17) is 0 Å². The average molecular weight is 248 g/mol. The highest BCUT2D eigenvalue weighted by Gasteiger charge is 2.00. The summed E-state index contributed by atoms with van der Waals surface area (Å²) in [4.78, 5) is 11.2. The summed E-state index contributed by atoms with van der Waals surface area (Å²) in [6.07, 6.45) is 5.54. The number of anilines is 1. The van der Waals surface area contributed by atoms with Gasteiger partial charge in [-0.1, -0.05) is 38.3 Å². The van der Waals surface area contributed by atoms with Crippen molar-refractivity contribution in [3.05, 3.63) is 29.8 Å². The molecule has 3 nitrogen and oxygen atoms in total. The normalized spacial score (nSPS) is 10.1. The molecule has 0 aliphatic carbocycles. The number of nitrogens with one attached hydrogen (secondary N) is 2. The zero-order valence-electron chi connectivity index (χ0n) is 11.5. The van der Waals surface area contributed by atoms with Gasteiger partial charge >= 0.3 is 0 Å². The molecule has 0 atom stereocenters. The van der Waals surface area contributed by atoms with Gasteiger partial charge in [0, 0.05) is 19.3 Å². The fourth-order valence-corrected chi connectivity index (χ4v) is 1.80. The quantitative estimate of drug-likeness (QED) is 0.694. The van der Waals surface area contributed by atoms with Gasteiger partial charge in [0.25, 0.3) is 0 Å². The van der Waals surface area contributed by atoms with Crippen molar-refractivity contribution in [2.75, 3.05) is 18.9 Å². The lowest BCUT2D eigenvalue weighted by Gasteiger charge is -2.07. The Balaban J connectivity index is 2.29. The van der Waals surface area contributed by atoms with E-state index in [1.54, 1.807) is 7.05 Å². The molecule has 0 aliphatic rings. The van der Waals surface area contributed by atoms with Crippen LogP contribution in [0.4, 0.5) is 5.69 Å². The van der Waals surface area contributed by atoms with Gasteiger partial charge < -0.3 is 10.6 Å². The summed E-state index contributed by atoms with van der Waals surface area (Å²) in [5.74, 6) is 0.0512. The fourth-order valence-electron chi connectivity index (χ4n) is 1.80. The van der Waals surface area contributed by atoms with Crippen molar-refractivity contribution >= 4 is 11.6 Å². The van der Waals surface area contributed by atoms with Crippen LogP contribution in [0.1, 0.15) is 38.2 Å². The second-order valence-corrected chi connectivity index (χ2v) is 4.53.